The van der Waals surface area contributed by atoms with Crippen molar-refractivity contribution in [2.24, 2.45) is 17.4 Å². The molecule has 0 bridgehead atoms. The van der Waals surface area contributed by atoms with Crippen LogP contribution in [0.2, 0.25) is 0 Å². The van der Waals surface area contributed by atoms with Crippen LogP contribution in [0.3, 0.4) is 0 Å². The van der Waals surface area contributed by atoms with Gasteiger partial charge in [0.15, 0.2) is 0 Å². The molecule has 114 valence electrons. The van der Waals surface area contributed by atoms with Crippen molar-refractivity contribution in [2.45, 2.75) is 32.9 Å². The van der Waals surface area contributed by atoms with E-state index in [1.807, 2.05) is 13.8 Å². The van der Waals surface area contributed by atoms with Crippen LogP contribution in [0.25, 0.3) is 0 Å². The molecule has 0 saturated heterocycles. The first-order valence-electron chi connectivity index (χ1n) is 7.14. The third-order valence-electron chi connectivity index (χ3n) is 4.22. The molecule has 2 atom stereocenters. The number of hydrogen-bond acceptors (Lipinski definition) is 3. The minimum atomic E-state index is -1.10. The second-order valence-corrected chi connectivity index (χ2v) is 5.77. The second kappa shape index (κ2) is 5.48. The molecular formula is C16H22FN3O. The zero-order valence-electron chi connectivity index (χ0n) is 12.7. The molecule has 4 nitrogen and oxygen atoms in total. The van der Waals surface area contributed by atoms with Crippen LogP contribution >= 0.6 is 0 Å². The monoisotopic (exact) mass is 291 g/mol. The topological polar surface area (TPSA) is 72.4 Å². The lowest BCUT2D eigenvalue weighted by atomic mass is 9.89. The number of carbonyl (C=O) groups is 1. The normalized spacial score (nSPS) is 22.4. The lowest BCUT2D eigenvalue weighted by Crippen LogP contribution is -2.58. The van der Waals surface area contributed by atoms with Crippen molar-refractivity contribution in [3.63, 3.8) is 0 Å². The maximum Gasteiger partial charge on any atom is 0.271 e. The minimum absolute atomic E-state index is 0.143. The van der Waals surface area contributed by atoms with Crippen molar-refractivity contribution in [2.75, 3.05) is 6.54 Å². The standard InChI is InChI=1S/C16H22FN3O/c1-4-13-10(2)9-20(15(21)14(13)18)16(3,19)11-6-5-7-12(17)8-11/h5-8,10H,4,9,18-19H2,1-3H3/t10-,16?/m1/s1. The van der Waals surface area contributed by atoms with E-state index in [1.54, 1.807) is 19.1 Å². The molecule has 1 aromatic carbocycles. The average Bonchev–Trinajstić information content (AvgIpc) is 2.43. The van der Waals surface area contributed by atoms with Crippen LogP contribution < -0.4 is 11.5 Å². The smallest absolute Gasteiger partial charge is 0.271 e. The summed E-state index contributed by atoms with van der Waals surface area (Å²) in [5.41, 5.74) is 13.0. The van der Waals surface area contributed by atoms with Gasteiger partial charge in [-0.3, -0.25) is 4.79 Å². The molecule has 0 spiro atoms. The fourth-order valence-corrected chi connectivity index (χ4v) is 2.91. The van der Waals surface area contributed by atoms with Gasteiger partial charge in [0.25, 0.3) is 5.91 Å². The molecular weight excluding hydrogens is 269 g/mol. The highest BCUT2D eigenvalue weighted by Gasteiger charge is 2.39. The van der Waals surface area contributed by atoms with E-state index in [2.05, 4.69) is 0 Å². The zero-order chi connectivity index (χ0) is 15.8. The van der Waals surface area contributed by atoms with Crippen molar-refractivity contribution in [1.82, 2.24) is 4.90 Å². The number of rotatable bonds is 3. The first kappa shape index (κ1) is 15.5. The Morgan fingerprint density at radius 1 is 1.48 bits per heavy atom. The maximum absolute atomic E-state index is 13.4. The summed E-state index contributed by atoms with van der Waals surface area (Å²) in [4.78, 5) is 14.0. The van der Waals surface area contributed by atoms with Gasteiger partial charge in [-0.05, 0) is 42.5 Å². The van der Waals surface area contributed by atoms with Crippen molar-refractivity contribution >= 4 is 5.91 Å². The molecule has 0 saturated carbocycles. The Hall–Kier alpha value is -1.88. The van der Waals surface area contributed by atoms with Gasteiger partial charge < -0.3 is 16.4 Å². The molecule has 0 radical (unpaired) electrons. The Kier molecular flexibility index (Phi) is 4.05. The molecule has 1 aliphatic heterocycles. The van der Waals surface area contributed by atoms with Gasteiger partial charge >= 0.3 is 0 Å². The van der Waals surface area contributed by atoms with Crippen molar-refractivity contribution < 1.29 is 9.18 Å². The lowest BCUT2D eigenvalue weighted by molar-refractivity contribution is -0.135. The van der Waals surface area contributed by atoms with Crippen molar-refractivity contribution in [3.8, 4) is 0 Å². The van der Waals surface area contributed by atoms with E-state index in [0.29, 0.717) is 12.1 Å². The highest BCUT2D eigenvalue weighted by atomic mass is 19.1. The Morgan fingerprint density at radius 2 is 2.14 bits per heavy atom. The molecule has 1 amide bonds. The summed E-state index contributed by atoms with van der Waals surface area (Å²) in [5, 5.41) is 0. The number of carbonyl (C=O) groups excluding carboxylic acids is 1. The molecule has 1 unspecified atom stereocenters. The van der Waals surface area contributed by atoms with Gasteiger partial charge in [-0.2, -0.15) is 0 Å². The van der Waals surface area contributed by atoms with Gasteiger partial charge in [0.1, 0.15) is 11.5 Å². The van der Waals surface area contributed by atoms with Gasteiger partial charge in [-0.25, -0.2) is 4.39 Å². The van der Waals surface area contributed by atoms with E-state index in [4.69, 9.17) is 11.5 Å². The highest BCUT2D eigenvalue weighted by Crippen LogP contribution is 2.32. The van der Waals surface area contributed by atoms with E-state index in [9.17, 15) is 9.18 Å². The van der Waals surface area contributed by atoms with Gasteiger partial charge in [-0.1, -0.05) is 26.0 Å². The predicted molar refractivity (Wildman–Crippen MR) is 80.3 cm³/mol. The van der Waals surface area contributed by atoms with E-state index >= 15 is 0 Å². The predicted octanol–water partition coefficient (Wildman–Crippen LogP) is 2.06. The van der Waals surface area contributed by atoms with Crippen LogP contribution in [0.15, 0.2) is 35.5 Å². The Bertz CT molecular complexity index is 595. The molecule has 2 rings (SSSR count). The fourth-order valence-electron chi connectivity index (χ4n) is 2.91. The molecule has 4 N–H and O–H groups in total. The summed E-state index contributed by atoms with van der Waals surface area (Å²) >= 11 is 0. The van der Waals surface area contributed by atoms with Gasteiger partial charge in [0.05, 0.1) is 5.70 Å². The highest BCUT2D eigenvalue weighted by molar-refractivity contribution is 5.95. The summed E-state index contributed by atoms with van der Waals surface area (Å²) in [6, 6.07) is 6.01. The van der Waals surface area contributed by atoms with Gasteiger partial charge in [0.2, 0.25) is 0 Å². The summed E-state index contributed by atoms with van der Waals surface area (Å²) < 4.78 is 13.4. The molecule has 0 aromatic heterocycles. The first-order valence-corrected chi connectivity index (χ1v) is 7.14. The van der Waals surface area contributed by atoms with Crippen molar-refractivity contribution in [3.05, 3.63) is 46.9 Å². The molecule has 5 heteroatoms. The van der Waals surface area contributed by atoms with Crippen LogP contribution in [0, 0.1) is 11.7 Å². The molecule has 0 aliphatic carbocycles. The van der Waals surface area contributed by atoms with Crippen LogP contribution in [-0.2, 0) is 10.5 Å². The van der Waals surface area contributed by atoms with Crippen molar-refractivity contribution in [1.29, 1.82) is 0 Å². The fraction of sp³-hybridized carbons (Fsp3) is 0.438. The summed E-state index contributed by atoms with van der Waals surface area (Å²) in [5.74, 6) is -0.511. The number of nitrogens with zero attached hydrogens (tertiary/aromatic N) is 1. The summed E-state index contributed by atoms with van der Waals surface area (Å²) in [6.07, 6.45) is 0.744. The molecule has 0 fully saturated rings. The lowest BCUT2D eigenvalue weighted by Gasteiger charge is -2.43. The van der Waals surface area contributed by atoms with E-state index in [-0.39, 0.29) is 23.3 Å². The van der Waals surface area contributed by atoms with E-state index in [0.717, 1.165) is 12.0 Å². The zero-order valence-corrected chi connectivity index (χ0v) is 12.7. The summed E-state index contributed by atoms with van der Waals surface area (Å²) in [7, 11) is 0. The Morgan fingerprint density at radius 3 is 2.71 bits per heavy atom. The third kappa shape index (κ3) is 2.65. The Balaban J connectivity index is 2.42. The van der Waals surface area contributed by atoms with Gasteiger partial charge in [-0.15, -0.1) is 0 Å². The minimum Gasteiger partial charge on any atom is -0.394 e. The van der Waals surface area contributed by atoms with Crippen LogP contribution in [0.1, 0.15) is 32.8 Å². The average molecular weight is 291 g/mol. The number of amides is 1. The van der Waals surface area contributed by atoms with E-state index < -0.39 is 5.66 Å². The number of halogens is 1. The number of nitrogens with two attached hydrogens (primary N) is 2. The quantitative estimate of drug-likeness (QED) is 0.895. The molecule has 21 heavy (non-hydrogen) atoms. The van der Waals surface area contributed by atoms with Gasteiger partial charge in [0, 0.05) is 6.54 Å². The molecule has 1 aliphatic rings. The number of benzene rings is 1. The Labute approximate surface area is 124 Å². The van der Waals surface area contributed by atoms with E-state index in [1.165, 1.54) is 17.0 Å². The SMILES string of the molecule is CCC1=C(N)C(=O)N(C(C)(N)c2cccc(F)c2)C[C@H]1C. The van der Waals surface area contributed by atoms with Crippen LogP contribution in [0.5, 0.6) is 0 Å². The first-order chi connectivity index (χ1) is 9.78. The second-order valence-electron chi connectivity index (χ2n) is 5.77. The summed E-state index contributed by atoms with van der Waals surface area (Å²) in [6.45, 7) is 6.19. The third-order valence-corrected chi connectivity index (χ3v) is 4.22. The molecule has 1 heterocycles. The number of hydrogen-bond donors (Lipinski definition) is 2. The van der Waals surface area contributed by atoms with Crippen LogP contribution in [-0.4, -0.2) is 17.4 Å². The maximum atomic E-state index is 13.4. The largest absolute Gasteiger partial charge is 0.394 e. The molecule has 1 aromatic rings. The van der Waals surface area contributed by atoms with Crippen LogP contribution in [0.4, 0.5) is 4.39 Å².